The first-order valence-corrected chi connectivity index (χ1v) is 13.6. The van der Waals surface area contributed by atoms with Crippen LogP contribution >= 0.6 is 11.8 Å². The number of aromatic nitrogens is 3. The first-order valence-electron chi connectivity index (χ1n) is 10.7. The molecule has 0 spiro atoms. The lowest BCUT2D eigenvalue weighted by atomic mass is 10.1. The Balaban J connectivity index is 1.46. The van der Waals surface area contributed by atoms with E-state index in [0.29, 0.717) is 31.1 Å². The molecule has 0 atom stereocenters. The van der Waals surface area contributed by atoms with Crippen LogP contribution in [0.15, 0.2) is 65.8 Å². The van der Waals surface area contributed by atoms with Crippen LogP contribution in [0.3, 0.4) is 0 Å². The summed E-state index contributed by atoms with van der Waals surface area (Å²) in [4.78, 5) is 14.7. The van der Waals surface area contributed by atoms with Gasteiger partial charge in [0.1, 0.15) is 0 Å². The van der Waals surface area contributed by atoms with Crippen LogP contribution in [0.25, 0.3) is 17.1 Å². The van der Waals surface area contributed by atoms with Gasteiger partial charge in [0, 0.05) is 37.4 Å². The summed E-state index contributed by atoms with van der Waals surface area (Å²) in [5.41, 5.74) is 1.88. The number of rotatable bonds is 7. The van der Waals surface area contributed by atoms with E-state index in [0.717, 1.165) is 17.1 Å². The molecule has 0 bridgehead atoms. The summed E-state index contributed by atoms with van der Waals surface area (Å²) in [6.07, 6.45) is 2.49. The van der Waals surface area contributed by atoms with Gasteiger partial charge >= 0.3 is 0 Å². The van der Waals surface area contributed by atoms with E-state index in [4.69, 9.17) is 0 Å². The van der Waals surface area contributed by atoms with Crippen molar-refractivity contribution < 1.29 is 13.2 Å². The zero-order valence-corrected chi connectivity index (χ0v) is 20.3. The molecular weight excluding hydrogens is 458 g/mol. The van der Waals surface area contributed by atoms with Gasteiger partial charge in [-0.05, 0) is 25.0 Å². The Morgan fingerprint density at radius 3 is 2.24 bits per heavy atom. The summed E-state index contributed by atoms with van der Waals surface area (Å²) in [7, 11) is -1.63. The second-order valence-corrected chi connectivity index (χ2v) is 11.0. The Hall–Kier alpha value is -2.69. The highest BCUT2D eigenvalue weighted by Crippen LogP contribution is 2.28. The van der Waals surface area contributed by atoms with Crippen molar-refractivity contribution in [3.63, 3.8) is 0 Å². The molecule has 1 aromatic heterocycles. The van der Waals surface area contributed by atoms with Gasteiger partial charge in [0.25, 0.3) is 0 Å². The van der Waals surface area contributed by atoms with E-state index in [1.165, 1.54) is 22.3 Å². The number of sulfonamides is 1. The van der Waals surface area contributed by atoms with Crippen LogP contribution in [0.4, 0.5) is 0 Å². The quantitative estimate of drug-likeness (QED) is 0.478. The second kappa shape index (κ2) is 10.1. The predicted molar refractivity (Wildman–Crippen MR) is 130 cm³/mol. The third-order valence-electron chi connectivity index (χ3n) is 5.86. The number of hydrogen-bond donors (Lipinski definition) is 0. The Kier molecular flexibility index (Phi) is 7.16. The summed E-state index contributed by atoms with van der Waals surface area (Å²) in [6, 6.07) is 19.6. The van der Waals surface area contributed by atoms with E-state index in [1.807, 2.05) is 65.2 Å². The van der Waals surface area contributed by atoms with Gasteiger partial charge in [-0.25, -0.2) is 12.7 Å². The molecule has 0 radical (unpaired) electrons. The van der Waals surface area contributed by atoms with Crippen LogP contribution in [0.2, 0.25) is 0 Å². The molecule has 8 nitrogen and oxygen atoms in total. The highest BCUT2D eigenvalue weighted by atomic mass is 32.2. The Labute approximate surface area is 198 Å². The molecule has 1 amide bonds. The molecule has 2 aromatic carbocycles. The second-order valence-electron chi connectivity index (χ2n) is 8.02. The molecule has 0 saturated carbocycles. The number of nitrogens with zero attached hydrogens (tertiary/aromatic N) is 5. The molecule has 3 aromatic rings. The van der Waals surface area contributed by atoms with Crippen molar-refractivity contribution in [1.29, 1.82) is 0 Å². The minimum absolute atomic E-state index is 0.0179. The summed E-state index contributed by atoms with van der Waals surface area (Å²) < 4.78 is 27.0. The molecule has 0 aliphatic carbocycles. The molecule has 0 N–H and O–H groups in total. The fourth-order valence-electron chi connectivity index (χ4n) is 3.91. The van der Waals surface area contributed by atoms with Gasteiger partial charge in [-0.2, -0.15) is 0 Å². The van der Waals surface area contributed by atoms with Crippen molar-refractivity contribution in [2.75, 3.05) is 32.1 Å². The van der Waals surface area contributed by atoms with Crippen LogP contribution in [0.5, 0.6) is 0 Å². The number of para-hydroxylation sites is 1. The lowest BCUT2D eigenvalue weighted by molar-refractivity contribution is -0.129. The maximum atomic E-state index is 12.9. The predicted octanol–water partition coefficient (Wildman–Crippen LogP) is 2.91. The SMILES string of the molecule is CN(C1CCN(C(=O)CSc2nnc(-c3ccccc3)n2-c2ccccc2)CC1)S(C)(=O)=O. The molecule has 1 aliphatic rings. The van der Waals surface area contributed by atoms with E-state index >= 15 is 0 Å². The largest absolute Gasteiger partial charge is 0.342 e. The first kappa shape index (κ1) is 23.5. The molecule has 33 heavy (non-hydrogen) atoms. The van der Waals surface area contributed by atoms with E-state index in [1.54, 1.807) is 11.9 Å². The molecular formula is C23H27N5O3S2. The fourth-order valence-corrected chi connectivity index (χ4v) is 5.52. The van der Waals surface area contributed by atoms with Gasteiger partial charge in [-0.15, -0.1) is 10.2 Å². The molecule has 10 heteroatoms. The fraction of sp³-hybridized carbons (Fsp3) is 0.348. The van der Waals surface area contributed by atoms with Crippen LogP contribution in [0, 0.1) is 0 Å². The third kappa shape index (κ3) is 5.45. The highest BCUT2D eigenvalue weighted by molar-refractivity contribution is 7.99. The van der Waals surface area contributed by atoms with Crippen molar-refractivity contribution in [3.05, 3.63) is 60.7 Å². The van der Waals surface area contributed by atoms with Gasteiger partial charge in [-0.1, -0.05) is 60.3 Å². The van der Waals surface area contributed by atoms with E-state index in [9.17, 15) is 13.2 Å². The van der Waals surface area contributed by atoms with E-state index < -0.39 is 10.0 Å². The number of carbonyl (C=O) groups is 1. The van der Waals surface area contributed by atoms with E-state index in [2.05, 4.69) is 10.2 Å². The van der Waals surface area contributed by atoms with E-state index in [-0.39, 0.29) is 17.7 Å². The molecule has 1 aliphatic heterocycles. The third-order valence-corrected chi connectivity index (χ3v) is 8.12. The van der Waals surface area contributed by atoms with Crippen molar-refractivity contribution in [3.8, 4) is 17.1 Å². The maximum absolute atomic E-state index is 12.9. The number of carbonyl (C=O) groups excluding carboxylic acids is 1. The first-order chi connectivity index (χ1) is 15.8. The average molecular weight is 486 g/mol. The number of hydrogen-bond acceptors (Lipinski definition) is 6. The number of piperidine rings is 1. The molecule has 174 valence electrons. The normalized spacial score (nSPS) is 15.2. The summed E-state index contributed by atoms with van der Waals surface area (Å²) >= 11 is 1.36. The zero-order chi connectivity index (χ0) is 23.4. The summed E-state index contributed by atoms with van der Waals surface area (Å²) in [5.74, 6) is 0.984. The molecule has 1 fully saturated rings. The molecule has 4 rings (SSSR count). The number of thioether (sulfide) groups is 1. The zero-order valence-electron chi connectivity index (χ0n) is 18.7. The average Bonchev–Trinajstić information content (AvgIpc) is 3.26. The van der Waals surface area contributed by atoms with Crippen LogP contribution in [-0.4, -0.2) is 76.5 Å². The van der Waals surface area contributed by atoms with Crippen molar-refractivity contribution in [2.45, 2.75) is 24.0 Å². The van der Waals surface area contributed by atoms with Crippen molar-refractivity contribution >= 4 is 27.7 Å². The Morgan fingerprint density at radius 1 is 1.03 bits per heavy atom. The smallest absolute Gasteiger partial charge is 0.233 e. The molecule has 2 heterocycles. The molecule has 0 unspecified atom stereocenters. The monoisotopic (exact) mass is 485 g/mol. The minimum Gasteiger partial charge on any atom is -0.342 e. The van der Waals surface area contributed by atoms with Gasteiger partial charge in [-0.3, -0.25) is 9.36 Å². The minimum atomic E-state index is -3.23. The number of likely N-dealkylation sites (tertiary alicyclic amines) is 1. The molecule has 1 saturated heterocycles. The maximum Gasteiger partial charge on any atom is 0.233 e. The highest BCUT2D eigenvalue weighted by Gasteiger charge is 2.29. The van der Waals surface area contributed by atoms with Crippen LogP contribution < -0.4 is 0 Å². The Bertz CT molecular complexity index is 1190. The van der Waals surface area contributed by atoms with Crippen LogP contribution in [0.1, 0.15) is 12.8 Å². The van der Waals surface area contributed by atoms with Crippen molar-refractivity contribution in [2.24, 2.45) is 0 Å². The lowest BCUT2D eigenvalue weighted by Gasteiger charge is -2.35. The van der Waals surface area contributed by atoms with Crippen molar-refractivity contribution in [1.82, 2.24) is 24.0 Å². The topological polar surface area (TPSA) is 88.4 Å². The van der Waals surface area contributed by atoms with Gasteiger partial charge in [0.2, 0.25) is 15.9 Å². The standard InChI is InChI=1S/C23H27N5O3S2/c1-26(33(2,30)31)19-13-15-27(16-14-19)21(29)17-32-23-25-24-22(18-9-5-3-6-10-18)28(23)20-11-7-4-8-12-20/h3-12,19H,13-17H2,1-2H3. The Morgan fingerprint density at radius 2 is 1.64 bits per heavy atom. The number of amides is 1. The summed E-state index contributed by atoms with van der Waals surface area (Å²) in [6.45, 7) is 1.09. The van der Waals surface area contributed by atoms with Gasteiger partial charge in [0.05, 0.1) is 12.0 Å². The van der Waals surface area contributed by atoms with Gasteiger partial charge < -0.3 is 4.90 Å². The number of benzene rings is 2. The lowest BCUT2D eigenvalue weighted by Crippen LogP contribution is -2.47. The van der Waals surface area contributed by atoms with Gasteiger partial charge in [0.15, 0.2) is 11.0 Å². The summed E-state index contributed by atoms with van der Waals surface area (Å²) in [5, 5.41) is 9.44. The van der Waals surface area contributed by atoms with Crippen LogP contribution in [-0.2, 0) is 14.8 Å².